The van der Waals surface area contributed by atoms with Gasteiger partial charge >= 0.3 is 0 Å². The van der Waals surface area contributed by atoms with E-state index < -0.39 is 10.0 Å². The highest BCUT2D eigenvalue weighted by Gasteiger charge is 2.17. The number of carbonyl (C=O) groups is 1. The maximum Gasteiger partial charge on any atom is 0.263 e. The molecule has 0 atom stereocenters. The molecule has 0 spiro atoms. The molecule has 0 radical (unpaired) electrons. The molecule has 2 heterocycles. The fourth-order valence-corrected chi connectivity index (χ4v) is 4.61. The van der Waals surface area contributed by atoms with Gasteiger partial charge in [0, 0.05) is 23.5 Å². The van der Waals surface area contributed by atoms with E-state index in [2.05, 4.69) is 20.2 Å². The van der Waals surface area contributed by atoms with Gasteiger partial charge in [-0.05, 0) is 48.9 Å². The number of hydrogen-bond donors (Lipinski definition) is 2. The fraction of sp³-hybridized carbons (Fsp3) is 0.150. The molecule has 0 unspecified atom stereocenters. The summed E-state index contributed by atoms with van der Waals surface area (Å²) in [6, 6.07) is 11.1. The zero-order chi connectivity index (χ0) is 21.8. The number of ketones is 1. The number of anilines is 2. The Morgan fingerprint density at radius 2 is 1.90 bits per heavy atom. The van der Waals surface area contributed by atoms with Crippen LogP contribution in [0.25, 0.3) is 0 Å². The number of aryl methyl sites for hydroxylation is 1. The Balaban J connectivity index is 1.37. The third-order valence-corrected chi connectivity index (χ3v) is 6.76. The molecule has 0 saturated carbocycles. The Kier molecular flexibility index (Phi) is 5.87. The van der Waals surface area contributed by atoms with Gasteiger partial charge in [0.25, 0.3) is 10.0 Å². The molecule has 0 fully saturated rings. The van der Waals surface area contributed by atoms with E-state index in [1.807, 2.05) is 6.92 Å². The summed E-state index contributed by atoms with van der Waals surface area (Å²) in [6.07, 6.45) is 3.55. The van der Waals surface area contributed by atoms with E-state index >= 15 is 0 Å². The van der Waals surface area contributed by atoms with Crippen LogP contribution in [0.2, 0.25) is 0 Å². The van der Waals surface area contributed by atoms with E-state index in [9.17, 15) is 13.2 Å². The number of carbonyl (C=O) groups excluding carboxylic acids is 1. The molecule has 2 aromatic carbocycles. The number of ether oxygens (including phenoxy) is 2. The summed E-state index contributed by atoms with van der Waals surface area (Å²) in [5.41, 5.74) is 1.09. The lowest BCUT2D eigenvalue weighted by Crippen LogP contribution is -2.12. The lowest BCUT2D eigenvalue weighted by molar-refractivity contribution is 0.104. The van der Waals surface area contributed by atoms with Crippen molar-refractivity contribution in [3.8, 4) is 11.5 Å². The predicted octanol–water partition coefficient (Wildman–Crippen LogP) is 3.44. The summed E-state index contributed by atoms with van der Waals surface area (Å²) in [6.45, 7) is 2.06. The highest BCUT2D eigenvalue weighted by Crippen LogP contribution is 2.32. The molecule has 9 nitrogen and oxygen atoms in total. The highest BCUT2D eigenvalue weighted by atomic mass is 32.2. The number of nitrogens with one attached hydrogen (secondary N) is 2. The van der Waals surface area contributed by atoms with E-state index in [4.69, 9.17) is 9.47 Å². The number of rotatable bonds is 8. The standard InChI is InChI=1S/C20H18N4O5S2/c1-2-19-22-23-20(30-19)24-31(26,27)15-6-4-14(5-7-15)21-10-9-16(25)13-3-8-17-18(11-13)29-12-28-17/h3-11,21H,2,12H2,1H3,(H,23,24). The van der Waals surface area contributed by atoms with Crippen LogP contribution in [0, 0.1) is 0 Å². The van der Waals surface area contributed by atoms with Gasteiger partial charge in [-0.15, -0.1) is 10.2 Å². The number of benzene rings is 2. The Labute approximate surface area is 182 Å². The van der Waals surface area contributed by atoms with E-state index in [0.29, 0.717) is 29.2 Å². The summed E-state index contributed by atoms with van der Waals surface area (Å²) in [5, 5.41) is 11.6. The van der Waals surface area contributed by atoms with Crippen molar-refractivity contribution < 1.29 is 22.7 Å². The lowest BCUT2D eigenvalue weighted by Gasteiger charge is -2.06. The first-order valence-corrected chi connectivity index (χ1v) is 11.6. The summed E-state index contributed by atoms with van der Waals surface area (Å²) in [5.74, 6) is 0.940. The SMILES string of the molecule is CCc1nnc(NS(=O)(=O)c2ccc(NC=CC(=O)c3ccc4c(c3)OCO4)cc2)s1. The Hall–Kier alpha value is -3.44. The minimum Gasteiger partial charge on any atom is -0.454 e. The van der Waals surface area contributed by atoms with Crippen molar-refractivity contribution in [2.45, 2.75) is 18.2 Å². The van der Waals surface area contributed by atoms with Gasteiger partial charge in [-0.2, -0.15) is 0 Å². The molecule has 0 aliphatic carbocycles. The largest absolute Gasteiger partial charge is 0.454 e. The minimum absolute atomic E-state index is 0.0896. The quantitative estimate of drug-likeness (QED) is 0.389. The minimum atomic E-state index is -3.76. The molecule has 1 aromatic heterocycles. The summed E-state index contributed by atoms with van der Waals surface area (Å²) in [4.78, 5) is 12.4. The molecule has 4 rings (SSSR count). The van der Waals surface area contributed by atoms with Gasteiger partial charge in [-0.1, -0.05) is 18.3 Å². The normalized spacial score (nSPS) is 12.8. The van der Waals surface area contributed by atoms with Gasteiger partial charge in [-0.25, -0.2) is 8.42 Å². The second-order valence-electron chi connectivity index (χ2n) is 6.39. The monoisotopic (exact) mass is 458 g/mol. The molecular formula is C20H18N4O5S2. The number of hydrogen-bond acceptors (Lipinski definition) is 9. The van der Waals surface area contributed by atoms with E-state index in [0.717, 1.165) is 5.01 Å². The highest BCUT2D eigenvalue weighted by molar-refractivity contribution is 7.93. The number of fused-ring (bicyclic) bond motifs is 1. The summed E-state index contributed by atoms with van der Waals surface area (Å²) < 4.78 is 37.9. The van der Waals surface area contributed by atoms with Gasteiger partial charge in [0.1, 0.15) is 5.01 Å². The van der Waals surface area contributed by atoms with Crippen LogP contribution in [0.1, 0.15) is 22.3 Å². The van der Waals surface area contributed by atoms with Gasteiger partial charge < -0.3 is 14.8 Å². The van der Waals surface area contributed by atoms with Crippen molar-refractivity contribution in [2.24, 2.45) is 0 Å². The van der Waals surface area contributed by atoms with Crippen LogP contribution >= 0.6 is 11.3 Å². The van der Waals surface area contributed by atoms with E-state index in [1.165, 1.54) is 35.7 Å². The van der Waals surface area contributed by atoms with Crippen molar-refractivity contribution in [1.82, 2.24) is 10.2 Å². The number of allylic oxidation sites excluding steroid dienone is 1. The zero-order valence-corrected chi connectivity index (χ0v) is 18.0. The smallest absolute Gasteiger partial charge is 0.263 e. The van der Waals surface area contributed by atoms with Crippen LogP contribution < -0.4 is 19.5 Å². The Morgan fingerprint density at radius 3 is 2.65 bits per heavy atom. The molecule has 160 valence electrons. The molecule has 1 aliphatic heterocycles. The van der Waals surface area contributed by atoms with Crippen LogP contribution in [-0.2, 0) is 16.4 Å². The first-order valence-electron chi connectivity index (χ1n) is 9.27. The van der Waals surface area contributed by atoms with Gasteiger partial charge in [0.2, 0.25) is 11.9 Å². The molecule has 0 bridgehead atoms. The zero-order valence-electron chi connectivity index (χ0n) is 16.4. The van der Waals surface area contributed by atoms with Crippen molar-refractivity contribution in [1.29, 1.82) is 0 Å². The number of sulfonamides is 1. The first kappa shape index (κ1) is 20.8. The predicted molar refractivity (Wildman–Crippen MR) is 116 cm³/mol. The van der Waals surface area contributed by atoms with E-state index in [-0.39, 0.29) is 22.6 Å². The molecule has 0 saturated heterocycles. The molecule has 3 aromatic rings. The second kappa shape index (κ2) is 8.74. The van der Waals surface area contributed by atoms with Crippen molar-refractivity contribution in [3.63, 3.8) is 0 Å². The summed E-state index contributed by atoms with van der Waals surface area (Å²) in [7, 11) is -3.76. The Bertz CT molecular complexity index is 1240. The topological polar surface area (TPSA) is 120 Å². The van der Waals surface area contributed by atoms with Crippen molar-refractivity contribution in [2.75, 3.05) is 16.8 Å². The lowest BCUT2D eigenvalue weighted by atomic mass is 10.1. The van der Waals surface area contributed by atoms with Gasteiger partial charge in [0.05, 0.1) is 4.90 Å². The Morgan fingerprint density at radius 1 is 1.13 bits per heavy atom. The third-order valence-electron chi connectivity index (χ3n) is 4.30. The average molecular weight is 459 g/mol. The van der Waals surface area contributed by atoms with Gasteiger partial charge in [-0.3, -0.25) is 9.52 Å². The maximum absolute atomic E-state index is 12.5. The summed E-state index contributed by atoms with van der Waals surface area (Å²) >= 11 is 1.20. The molecule has 1 aliphatic rings. The van der Waals surface area contributed by atoms with Crippen LogP contribution in [0.15, 0.2) is 59.6 Å². The number of aromatic nitrogens is 2. The van der Waals surface area contributed by atoms with Crippen LogP contribution in [-0.4, -0.2) is 31.2 Å². The average Bonchev–Trinajstić information content (AvgIpc) is 3.42. The number of nitrogens with zero attached hydrogens (tertiary/aromatic N) is 2. The fourth-order valence-electron chi connectivity index (χ4n) is 2.70. The first-order chi connectivity index (χ1) is 14.9. The van der Waals surface area contributed by atoms with Crippen LogP contribution in [0.5, 0.6) is 11.5 Å². The van der Waals surface area contributed by atoms with Crippen molar-refractivity contribution in [3.05, 3.63) is 65.3 Å². The van der Waals surface area contributed by atoms with Crippen LogP contribution in [0.4, 0.5) is 10.8 Å². The second-order valence-corrected chi connectivity index (χ2v) is 9.14. The molecule has 11 heteroatoms. The molecule has 2 N–H and O–H groups in total. The maximum atomic E-state index is 12.5. The van der Waals surface area contributed by atoms with Crippen molar-refractivity contribution >= 4 is 38.0 Å². The molecular weight excluding hydrogens is 440 g/mol. The van der Waals surface area contributed by atoms with Gasteiger partial charge in [0.15, 0.2) is 17.3 Å². The van der Waals surface area contributed by atoms with Crippen LogP contribution in [0.3, 0.4) is 0 Å². The molecule has 31 heavy (non-hydrogen) atoms. The third kappa shape index (κ3) is 4.84. The molecule has 0 amide bonds. The van der Waals surface area contributed by atoms with E-state index in [1.54, 1.807) is 30.3 Å².